The van der Waals surface area contributed by atoms with Crippen LogP contribution in [0.25, 0.3) is 0 Å². The molecule has 2 rings (SSSR count). The molecule has 1 aromatic heterocycles. The van der Waals surface area contributed by atoms with Crippen LogP contribution in [0.5, 0.6) is 5.75 Å². The summed E-state index contributed by atoms with van der Waals surface area (Å²) in [6, 6.07) is 11.4. The Bertz CT molecular complexity index is 552. The van der Waals surface area contributed by atoms with Crippen LogP contribution in [0, 0.1) is 0 Å². The van der Waals surface area contributed by atoms with Crippen molar-refractivity contribution >= 4 is 5.91 Å². The van der Waals surface area contributed by atoms with Gasteiger partial charge in [-0.1, -0.05) is 18.2 Å². The summed E-state index contributed by atoms with van der Waals surface area (Å²) in [5.74, 6) is 1.66. The standard InChI is InChI=1S/C16H20N2O3/c1-20-15-7-3-2-5-13(15)11-18-16(19)8-9-17-12-14-6-4-10-21-14/h2-7,10,17H,8-9,11-12H2,1H3,(H,18,19). The van der Waals surface area contributed by atoms with Crippen LogP contribution >= 0.6 is 0 Å². The van der Waals surface area contributed by atoms with Gasteiger partial charge >= 0.3 is 0 Å². The molecule has 112 valence electrons. The fraction of sp³-hybridized carbons (Fsp3) is 0.312. The van der Waals surface area contributed by atoms with Crippen molar-refractivity contribution in [3.8, 4) is 5.75 Å². The maximum atomic E-state index is 11.8. The number of methoxy groups -OCH3 is 1. The molecule has 0 atom stereocenters. The quantitative estimate of drug-likeness (QED) is 0.730. The number of rotatable bonds is 8. The van der Waals surface area contributed by atoms with E-state index in [9.17, 15) is 4.79 Å². The van der Waals surface area contributed by atoms with Crippen molar-refractivity contribution in [2.75, 3.05) is 13.7 Å². The first-order valence-electron chi connectivity index (χ1n) is 6.91. The molecule has 21 heavy (non-hydrogen) atoms. The Labute approximate surface area is 124 Å². The SMILES string of the molecule is COc1ccccc1CNC(=O)CCNCc1ccco1. The fourth-order valence-corrected chi connectivity index (χ4v) is 1.96. The molecule has 5 heteroatoms. The van der Waals surface area contributed by atoms with Crippen molar-refractivity contribution in [3.05, 3.63) is 54.0 Å². The van der Waals surface area contributed by atoms with Crippen LogP contribution in [-0.2, 0) is 17.9 Å². The Morgan fingerprint density at radius 3 is 2.81 bits per heavy atom. The lowest BCUT2D eigenvalue weighted by Gasteiger charge is -2.09. The smallest absolute Gasteiger partial charge is 0.221 e. The molecular formula is C16H20N2O3. The average Bonchev–Trinajstić information content (AvgIpc) is 3.03. The van der Waals surface area contributed by atoms with Crippen molar-refractivity contribution in [1.29, 1.82) is 0 Å². The molecule has 0 unspecified atom stereocenters. The Hall–Kier alpha value is -2.27. The van der Waals surface area contributed by atoms with Crippen LogP contribution in [0.4, 0.5) is 0 Å². The molecule has 0 aliphatic carbocycles. The van der Waals surface area contributed by atoms with Crippen LogP contribution < -0.4 is 15.4 Å². The van der Waals surface area contributed by atoms with Crippen molar-refractivity contribution in [3.63, 3.8) is 0 Å². The van der Waals surface area contributed by atoms with Crippen LogP contribution in [-0.4, -0.2) is 19.6 Å². The maximum absolute atomic E-state index is 11.8. The second kappa shape index (κ2) is 8.11. The van der Waals surface area contributed by atoms with E-state index in [0.29, 0.717) is 26.1 Å². The van der Waals surface area contributed by atoms with E-state index in [4.69, 9.17) is 9.15 Å². The lowest BCUT2D eigenvalue weighted by atomic mass is 10.2. The molecule has 1 amide bonds. The first-order chi connectivity index (χ1) is 10.3. The van der Waals surface area contributed by atoms with Gasteiger partial charge in [-0.05, 0) is 18.2 Å². The first-order valence-corrected chi connectivity index (χ1v) is 6.91. The lowest BCUT2D eigenvalue weighted by molar-refractivity contribution is -0.121. The number of para-hydroxylation sites is 1. The summed E-state index contributed by atoms with van der Waals surface area (Å²) >= 11 is 0. The minimum Gasteiger partial charge on any atom is -0.496 e. The minimum absolute atomic E-state index is 0.00727. The van der Waals surface area contributed by atoms with Crippen LogP contribution in [0.15, 0.2) is 47.1 Å². The molecule has 0 aliphatic heterocycles. The third-order valence-corrected chi connectivity index (χ3v) is 3.08. The van der Waals surface area contributed by atoms with Gasteiger partial charge in [0.1, 0.15) is 11.5 Å². The first kappa shape index (κ1) is 15.1. The lowest BCUT2D eigenvalue weighted by Crippen LogP contribution is -2.27. The highest BCUT2D eigenvalue weighted by atomic mass is 16.5. The molecular weight excluding hydrogens is 268 g/mol. The summed E-state index contributed by atoms with van der Waals surface area (Å²) in [5, 5.41) is 6.05. The number of hydrogen-bond acceptors (Lipinski definition) is 4. The topological polar surface area (TPSA) is 63.5 Å². The number of carbonyl (C=O) groups excluding carboxylic acids is 1. The second-order valence-electron chi connectivity index (χ2n) is 4.59. The maximum Gasteiger partial charge on any atom is 0.221 e. The zero-order valence-corrected chi connectivity index (χ0v) is 12.1. The Balaban J connectivity index is 1.65. The monoisotopic (exact) mass is 288 g/mol. The number of benzene rings is 1. The highest BCUT2D eigenvalue weighted by Crippen LogP contribution is 2.16. The number of hydrogen-bond donors (Lipinski definition) is 2. The van der Waals surface area contributed by atoms with Gasteiger partial charge in [-0.15, -0.1) is 0 Å². The van der Waals surface area contributed by atoms with Gasteiger partial charge in [0.05, 0.1) is 19.9 Å². The number of carbonyl (C=O) groups is 1. The third-order valence-electron chi connectivity index (χ3n) is 3.08. The second-order valence-corrected chi connectivity index (χ2v) is 4.59. The van der Waals surface area contributed by atoms with E-state index >= 15 is 0 Å². The highest BCUT2D eigenvalue weighted by Gasteiger charge is 2.05. The van der Waals surface area contributed by atoms with Gasteiger partial charge in [0.15, 0.2) is 0 Å². The van der Waals surface area contributed by atoms with Gasteiger partial charge in [0, 0.05) is 25.1 Å². The molecule has 2 N–H and O–H groups in total. The van der Waals surface area contributed by atoms with E-state index in [-0.39, 0.29) is 5.91 Å². The number of ether oxygens (including phenoxy) is 1. The molecule has 0 saturated carbocycles. The fourth-order valence-electron chi connectivity index (χ4n) is 1.96. The van der Waals surface area contributed by atoms with Gasteiger partial charge in [0.25, 0.3) is 0 Å². The molecule has 0 fully saturated rings. The molecule has 0 aliphatic rings. The molecule has 2 aromatic rings. The summed E-state index contributed by atoms with van der Waals surface area (Å²) in [7, 11) is 1.62. The molecule has 0 radical (unpaired) electrons. The normalized spacial score (nSPS) is 10.3. The molecule has 5 nitrogen and oxygen atoms in total. The van der Waals surface area contributed by atoms with Gasteiger partial charge < -0.3 is 19.8 Å². The molecule has 0 bridgehead atoms. The van der Waals surface area contributed by atoms with Gasteiger partial charge in [-0.25, -0.2) is 0 Å². The number of furan rings is 1. The molecule has 0 saturated heterocycles. The minimum atomic E-state index is 0.00727. The predicted molar refractivity (Wildman–Crippen MR) is 79.9 cm³/mol. The predicted octanol–water partition coefficient (Wildman–Crippen LogP) is 2.08. The number of nitrogens with one attached hydrogen (secondary N) is 2. The molecule has 1 heterocycles. The summed E-state index contributed by atoms with van der Waals surface area (Å²) in [6.07, 6.45) is 2.06. The van der Waals surface area contributed by atoms with Crippen LogP contribution in [0.3, 0.4) is 0 Å². The van der Waals surface area contributed by atoms with Crippen molar-refractivity contribution in [1.82, 2.24) is 10.6 Å². The van der Waals surface area contributed by atoms with Gasteiger partial charge in [-0.3, -0.25) is 4.79 Å². The van der Waals surface area contributed by atoms with Crippen molar-refractivity contribution in [2.24, 2.45) is 0 Å². The average molecular weight is 288 g/mol. The van der Waals surface area contributed by atoms with Crippen molar-refractivity contribution < 1.29 is 13.9 Å². The van der Waals surface area contributed by atoms with Crippen LogP contribution in [0.2, 0.25) is 0 Å². The molecule has 1 aromatic carbocycles. The zero-order chi connectivity index (χ0) is 14.9. The highest BCUT2D eigenvalue weighted by molar-refractivity contribution is 5.76. The van der Waals surface area contributed by atoms with E-state index < -0.39 is 0 Å². The van der Waals surface area contributed by atoms with E-state index in [1.807, 2.05) is 36.4 Å². The van der Waals surface area contributed by atoms with E-state index in [0.717, 1.165) is 17.1 Å². The van der Waals surface area contributed by atoms with Gasteiger partial charge in [-0.2, -0.15) is 0 Å². The van der Waals surface area contributed by atoms with Crippen LogP contribution in [0.1, 0.15) is 17.7 Å². The van der Waals surface area contributed by atoms with E-state index in [1.54, 1.807) is 13.4 Å². The van der Waals surface area contributed by atoms with Gasteiger partial charge in [0.2, 0.25) is 5.91 Å². The van der Waals surface area contributed by atoms with E-state index in [1.165, 1.54) is 0 Å². The molecule has 0 spiro atoms. The summed E-state index contributed by atoms with van der Waals surface area (Å²) < 4.78 is 10.4. The largest absolute Gasteiger partial charge is 0.496 e. The Morgan fingerprint density at radius 1 is 1.19 bits per heavy atom. The van der Waals surface area contributed by atoms with Crippen molar-refractivity contribution in [2.45, 2.75) is 19.5 Å². The Morgan fingerprint density at radius 2 is 2.05 bits per heavy atom. The number of amides is 1. The zero-order valence-electron chi connectivity index (χ0n) is 12.1. The summed E-state index contributed by atoms with van der Waals surface area (Å²) in [6.45, 7) is 1.71. The third kappa shape index (κ3) is 4.96. The summed E-state index contributed by atoms with van der Waals surface area (Å²) in [4.78, 5) is 11.8. The summed E-state index contributed by atoms with van der Waals surface area (Å²) in [5.41, 5.74) is 0.969. The van der Waals surface area contributed by atoms with E-state index in [2.05, 4.69) is 10.6 Å². The Kier molecular flexibility index (Phi) is 5.84.